The normalized spacial score (nSPS) is 23.8. The molecule has 1 fully saturated rings. The second kappa shape index (κ2) is 7.43. The molecule has 4 heteroatoms. The number of benzene rings is 2. The average Bonchev–Trinajstić information content (AvgIpc) is 3.02. The van der Waals surface area contributed by atoms with Gasteiger partial charge in [-0.1, -0.05) is 66.7 Å². The Bertz CT molecular complexity index is 687. The third-order valence-electron chi connectivity index (χ3n) is 4.39. The van der Waals surface area contributed by atoms with Crippen LogP contribution in [0.1, 0.15) is 23.3 Å². The van der Waals surface area contributed by atoms with Crippen LogP contribution in [0.5, 0.6) is 0 Å². The maximum atomic E-state index is 12.4. The Hall–Kier alpha value is -2.43. The molecule has 3 atom stereocenters. The van der Waals surface area contributed by atoms with Crippen molar-refractivity contribution in [1.82, 2.24) is 10.2 Å². The Labute approximate surface area is 142 Å². The second-order valence-corrected chi connectivity index (χ2v) is 5.82. The summed E-state index contributed by atoms with van der Waals surface area (Å²) in [6.07, 6.45) is 1.80. The molecule has 0 saturated carbocycles. The molecule has 3 rings (SSSR count). The largest absolute Gasteiger partial charge is 0.468 e. The molecular formula is C20H22N2O2. The third-order valence-corrected chi connectivity index (χ3v) is 4.39. The Balaban J connectivity index is 2.03. The van der Waals surface area contributed by atoms with Crippen LogP contribution in [0.25, 0.3) is 0 Å². The lowest BCUT2D eigenvalue weighted by atomic mass is 9.99. The van der Waals surface area contributed by atoms with Crippen molar-refractivity contribution in [3.05, 3.63) is 84.4 Å². The van der Waals surface area contributed by atoms with E-state index in [2.05, 4.69) is 28.9 Å². The van der Waals surface area contributed by atoms with Crippen molar-refractivity contribution in [3.63, 3.8) is 0 Å². The van der Waals surface area contributed by atoms with Gasteiger partial charge in [-0.05, 0) is 11.1 Å². The molecule has 2 aromatic carbocycles. The fourth-order valence-corrected chi connectivity index (χ4v) is 3.36. The number of nitrogens with zero attached hydrogens (tertiary/aromatic N) is 1. The molecule has 0 aromatic heterocycles. The zero-order chi connectivity index (χ0) is 16.9. The molecule has 0 unspecified atom stereocenters. The molecule has 1 heterocycles. The number of esters is 1. The Morgan fingerprint density at radius 1 is 1.12 bits per heavy atom. The van der Waals surface area contributed by atoms with E-state index in [0.29, 0.717) is 6.54 Å². The summed E-state index contributed by atoms with van der Waals surface area (Å²) in [6, 6.07) is 19.6. The number of nitrogens with one attached hydrogen (secondary N) is 1. The Kier molecular flexibility index (Phi) is 5.08. The maximum absolute atomic E-state index is 12.4. The van der Waals surface area contributed by atoms with Gasteiger partial charge in [-0.2, -0.15) is 0 Å². The van der Waals surface area contributed by atoms with Gasteiger partial charge in [0.05, 0.1) is 19.3 Å². The van der Waals surface area contributed by atoms with Crippen molar-refractivity contribution >= 4 is 5.97 Å². The summed E-state index contributed by atoms with van der Waals surface area (Å²) in [5, 5.41) is 3.45. The molecule has 1 N–H and O–H groups in total. The number of methoxy groups -OCH3 is 1. The van der Waals surface area contributed by atoms with Crippen LogP contribution < -0.4 is 5.32 Å². The van der Waals surface area contributed by atoms with Gasteiger partial charge in [-0.3, -0.25) is 15.0 Å². The van der Waals surface area contributed by atoms with Gasteiger partial charge < -0.3 is 4.74 Å². The van der Waals surface area contributed by atoms with Crippen LogP contribution in [-0.2, 0) is 9.53 Å². The van der Waals surface area contributed by atoms with E-state index in [4.69, 9.17) is 4.74 Å². The molecule has 0 spiro atoms. The molecule has 124 valence electrons. The van der Waals surface area contributed by atoms with E-state index < -0.39 is 6.04 Å². The molecular weight excluding hydrogens is 300 g/mol. The fourth-order valence-electron chi connectivity index (χ4n) is 3.36. The van der Waals surface area contributed by atoms with Gasteiger partial charge in [0.2, 0.25) is 0 Å². The first-order chi connectivity index (χ1) is 11.8. The topological polar surface area (TPSA) is 41.6 Å². The average molecular weight is 322 g/mol. The third kappa shape index (κ3) is 3.11. The molecule has 2 aromatic rings. The first kappa shape index (κ1) is 16.4. The summed E-state index contributed by atoms with van der Waals surface area (Å²) in [4.78, 5) is 14.6. The van der Waals surface area contributed by atoms with Crippen molar-refractivity contribution in [3.8, 4) is 0 Å². The fraction of sp³-hybridized carbons (Fsp3) is 0.250. The molecule has 1 saturated heterocycles. The molecule has 0 bridgehead atoms. The lowest BCUT2D eigenvalue weighted by Gasteiger charge is -2.29. The van der Waals surface area contributed by atoms with E-state index in [1.807, 2.05) is 54.6 Å². The van der Waals surface area contributed by atoms with Crippen molar-refractivity contribution in [2.45, 2.75) is 18.2 Å². The lowest BCUT2D eigenvalue weighted by Crippen LogP contribution is -2.37. The van der Waals surface area contributed by atoms with Gasteiger partial charge in [0.25, 0.3) is 0 Å². The molecule has 0 amide bonds. The van der Waals surface area contributed by atoms with E-state index in [9.17, 15) is 4.79 Å². The first-order valence-corrected chi connectivity index (χ1v) is 8.06. The van der Waals surface area contributed by atoms with Crippen molar-refractivity contribution < 1.29 is 9.53 Å². The van der Waals surface area contributed by atoms with Crippen LogP contribution in [0.4, 0.5) is 0 Å². The number of hydrogen-bond donors (Lipinski definition) is 1. The van der Waals surface area contributed by atoms with Gasteiger partial charge in [0.15, 0.2) is 0 Å². The molecule has 24 heavy (non-hydrogen) atoms. The highest BCUT2D eigenvalue weighted by atomic mass is 16.5. The summed E-state index contributed by atoms with van der Waals surface area (Å²) in [5.41, 5.74) is 2.20. The molecule has 0 radical (unpaired) electrons. The van der Waals surface area contributed by atoms with E-state index >= 15 is 0 Å². The van der Waals surface area contributed by atoms with E-state index in [1.54, 1.807) is 0 Å². The maximum Gasteiger partial charge on any atom is 0.324 e. The van der Waals surface area contributed by atoms with E-state index in [-0.39, 0.29) is 18.2 Å². The smallest absolute Gasteiger partial charge is 0.324 e. The van der Waals surface area contributed by atoms with Crippen molar-refractivity contribution in [2.75, 3.05) is 13.7 Å². The number of carbonyl (C=O) groups excluding carboxylic acids is 1. The standard InChI is InChI=1S/C20H22N2O2/c1-3-14-22-18(15-10-6-4-7-11-15)17(20(23)24-2)21-19(22)16-12-8-5-9-13-16/h3-13,17-19,21H,1,14H2,2H3/t17-,18+,19-/m0/s1. The minimum absolute atomic E-state index is 0.0708. The van der Waals surface area contributed by atoms with Crippen LogP contribution in [0, 0.1) is 0 Å². The zero-order valence-corrected chi connectivity index (χ0v) is 13.8. The summed E-state index contributed by atoms with van der Waals surface area (Å²) < 4.78 is 5.04. The van der Waals surface area contributed by atoms with Crippen LogP contribution in [0.2, 0.25) is 0 Å². The number of carbonyl (C=O) groups is 1. The van der Waals surface area contributed by atoms with Crippen LogP contribution >= 0.6 is 0 Å². The van der Waals surface area contributed by atoms with Crippen LogP contribution in [-0.4, -0.2) is 30.6 Å². The van der Waals surface area contributed by atoms with Crippen LogP contribution in [0.3, 0.4) is 0 Å². The van der Waals surface area contributed by atoms with Gasteiger partial charge in [0.1, 0.15) is 6.04 Å². The Morgan fingerprint density at radius 3 is 2.25 bits per heavy atom. The zero-order valence-electron chi connectivity index (χ0n) is 13.8. The van der Waals surface area contributed by atoms with Gasteiger partial charge >= 0.3 is 5.97 Å². The highest BCUT2D eigenvalue weighted by molar-refractivity contribution is 5.77. The molecule has 1 aliphatic rings. The first-order valence-electron chi connectivity index (χ1n) is 8.06. The minimum atomic E-state index is -0.428. The SMILES string of the molecule is C=CCN1[C@@H](c2ccccc2)N[C@H](C(=O)OC)[C@H]1c1ccccc1. The molecule has 4 nitrogen and oxygen atoms in total. The predicted molar refractivity (Wildman–Crippen MR) is 94.2 cm³/mol. The second-order valence-electron chi connectivity index (χ2n) is 5.82. The Morgan fingerprint density at radius 2 is 1.71 bits per heavy atom. The van der Waals surface area contributed by atoms with Crippen molar-refractivity contribution in [1.29, 1.82) is 0 Å². The summed E-state index contributed by atoms with van der Waals surface area (Å²) in [6.45, 7) is 4.55. The monoisotopic (exact) mass is 322 g/mol. The van der Waals surface area contributed by atoms with E-state index in [0.717, 1.165) is 11.1 Å². The number of hydrogen-bond acceptors (Lipinski definition) is 4. The highest BCUT2D eigenvalue weighted by Crippen LogP contribution is 2.38. The highest BCUT2D eigenvalue weighted by Gasteiger charge is 2.45. The minimum Gasteiger partial charge on any atom is -0.468 e. The summed E-state index contributed by atoms with van der Waals surface area (Å²) in [7, 11) is 1.43. The van der Waals surface area contributed by atoms with E-state index in [1.165, 1.54) is 7.11 Å². The predicted octanol–water partition coefficient (Wildman–Crippen LogP) is 3.06. The number of ether oxygens (including phenoxy) is 1. The molecule has 0 aliphatic carbocycles. The quantitative estimate of drug-likeness (QED) is 0.678. The van der Waals surface area contributed by atoms with Crippen molar-refractivity contribution in [2.24, 2.45) is 0 Å². The van der Waals surface area contributed by atoms with Gasteiger partial charge in [0, 0.05) is 6.54 Å². The lowest BCUT2D eigenvalue weighted by molar-refractivity contribution is -0.143. The van der Waals surface area contributed by atoms with Crippen LogP contribution in [0.15, 0.2) is 73.3 Å². The molecule has 1 aliphatic heterocycles. The number of rotatable bonds is 5. The summed E-state index contributed by atoms with van der Waals surface area (Å²) in [5.74, 6) is -0.253. The summed E-state index contributed by atoms with van der Waals surface area (Å²) >= 11 is 0. The van der Waals surface area contributed by atoms with Gasteiger partial charge in [-0.15, -0.1) is 6.58 Å². The van der Waals surface area contributed by atoms with Gasteiger partial charge in [-0.25, -0.2) is 0 Å².